The smallest absolute Gasteiger partial charge is 0.449 e. The Morgan fingerprint density at radius 3 is 1.54 bits per heavy atom. The zero-order valence-electron chi connectivity index (χ0n) is 13.6. The highest BCUT2D eigenvalue weighted by atomic mass is 31.2. The fourth-order valence-corrected chi connectivity index (χ4v) is 1.91. The first-order valence-corrected chi connectivity index (χ1v) is 9.11. The van der Waals surface area contributed by atoms with Gasteiger partial charge in [0, 0.05) is 6.20 Å². The average Bonchev–Trinajstić information content (AvgIpc) is 2.62. The predicted octanol–water partition coefficient (Wildman–Crippen LogP) is 3.31. The van der Waals surface area contributed by atoms with Crippen LogP contribution in [0.15, 0.2) is 85.1 Å². The van der Waals surface area contributed by atoms with Gasteiger partial charge in [-0.05, 0) is 36.4 Å². The average molecular weight is 375 g/mol. The van der Waals surface area contributed by atoms with Gasteiger partial charge in [-0.2, -0.15) is 0 Å². The molecule has 0 saturated heterocycles. The minimum absolute atomic E-state index is 0.587. The van der Waals surface area contributed by atoms with Crippen molar-refractivity contribution in [2.75, 3.05) is 0 Å². The van der Waals surface area contributed by atoms with Crippen LogP contribution in [0.5, 0.6) is 11.5 Å². The van der Waals surface area contributed by atoms with E-state index >= 15 is 0 Å². The monoisotopic (exact) mass is 375 g/mol. The van der Waals surface area contributed by atoms with Gasteiger partial charge in [-0.3, -0.25) is 4.98 Å². The first-order chi connectivity index (χ1) is 12.4. The van der Waals surface area contributed by atoms with Gasteiger partial charge < -0.3 is 24.2 Å². The maximum absolute atomic E-state index is 8.88. The lowest BCUT2D eigenvalue weighted by molar-refractivity contribution is 0.000334. The van der Waals surface area contributed by atoms with Gasteiger partial charge in [-0.25, -0.2) is 4.57 Å². The standard InChI is InChI=1S/C18H15NO2.H3O4P/c1-3-9-15(10-4-1)20-18(17-13-7-8-14-19-17)21-16-11-5-2-6-12-16;1-5(2,3)4/h1-14,18H;(H3,1,2,3,4). The fraction of sp³-hybridized carbons (Fsp3) is 0.0556. The molecule has 0 aliphatic rings. The highest BCUT2D eigenvalue weighted by Crippen LogP contribution is 2.26. The van der Waals surface area contributed by atoms with Gasteiger partial charge in [-0.1, -0.05) is 42.5 Å². The van der Waals surface area contributed by atoms with Crippen LogP contribution in [0, 0.1) is 0 Å². The summed E-state index contributed by atoms with van der Waals surface area (Å²) in [6.45, 7) is 0. The molecule has 8 heteroatoms. The Hall–Kier alpha value is -2.70. The second-order valence-corrected chi connectivity index (χ2v) is 5.99. The van der Waals surface area contributed by atoms with Crippen molar-refractivity contribution in [1.82, 2.24) is 4.98 Å². The van der Waals surface area contributed by atoms with Crippen LogP contribution in [0.4, 0.5) is 0 Å². The fourth-order valence-electron chi connectivity index (χ4n) is 1.91. The second kappa shape index (κ2) is 9.70. The lowest BCUT2D eigenvalue weighted by Crippen LogP contribution is -2.16. The van der Waals surface area contributed by atoms with Crippen molar-refractivity contribution in [3.8, 4) is 11.5 Å². The van der Waals surface area contributed by atoms with Crippen LogP contribution < -0.4 is 9.47 Å². The van der Waals surface area contributed by atoms with E-state index in [-0.39, 0.29) is 0 Å². The third-order valence-corrected chi connectivity index (χ3v) is 2.90. The Morgan fingerprint density at radius 1 is 0.731 bits per heavy atom. The number of benzene rings is 2. The molecule has 1 aromatic heterocycles. The summed E-state index contributed by atoms with van der Waals surface area (Å²) in [5, 5.41) is 0. The van der Waals surface area contributed by atoms with Gasteiger partial charge in [0.15, 0.2) is 0 Å². The third kappa shape index (κ3) is 7.92. The van der Waals surface area contributed by atoms with Gasteiger partial charge >= 0.3 is 7.82 Å². The van der Waals surface area contributed by atoms with Crippen LogP contribution >= 0.6 is 7.82 Å². The van der Waals surface area contributed by atoms with E-state index < -0.39 is 14.1 Å². The van der Waals surface area contributed by atoms with Crippen LogP contribution in [-0.2, 0) is 4.57 Å². The third-order valence-electron chi connectivity index (χ3n) is 2.90. The summed E-state index contributed by atoms with van der Waals surface area (Å²) in [4.78, 5) is 25.9. The molecule has 0 fully saturated rings. The number of phosphoric acid groups is 1. The van der Waals surface area contributed by atoms with E-state index in [9.17, 15) is 0 Å². The highest BCUT2D eigenvalue weighted by molar-refractivity contribution is 7.45. The molecule has 0 unspecified atom stereocenters. The lowest BCUT2D eigenvalue weighted by Gasteiger charge is -2.20. The van der Waals surface area contributed by atoms with Gasteiger partial charge in [0.05, 0.1) is 0 Å². The largest absolute Gasteiger partial charge is 0.466 e. The van der Waals surface area contributed by atoms with E-state index in [1.807, 2.05) is 78.9 Å². The molecular formula is C18H18NO6P. The molecule has 0 aliphatic carbocycles. The lowest BCUT2D eigenvalue weighted by atomic mass is 10.3. The minimum Gasteiger partial charge on any atom is -0.449 e. The van der Waals surface area contributed by atoms with E-state index in [0.29, 0.717) is 0 Å². The van der Waals surface area contributed by atoms with Crippen LogP contribution in [0.2, 0.25) is 0 Å². The maximum atomic E-state index is 8.88. The van der Waals surface area contributed by atoms with E-state index in [4.69, 9.17) is 28.7 Å². The molecule has 0 bridgehead atoms. The Morgan fingerprint density at radius 2 is 1.15 bits per heavy atom. The summed E-state index contributed by atoms with van der Waals surface area (Å²) >= 11 is 0. The highest BCUT2D eigenvalue weighted by Gasteiger charge is 2.16. The summed E-state index contributed by atoms with van der Waals surface area (Å²) in [6.07, 6.45) is 1.14. The molecule has 3 N–H and O–H groups in total. The first-order valence-electron chi connectivity index (χ1n) is 7.54. The number of hydrogen-bond acceptors (Lipinski definition) is 4. The number of rotatable bonds is 5. The molecule has 0 aliphatic heterocycles. The van der Waals surface area contributed by atoms with Gasteiger partial charge in [0.2, 0.25) is 0 Å². The van der Waals surface area contributed by atoms with E-state index in [2.05, 4.69) is 4.98 Å². The Kier molecular flexibility index (Phi) is 7.32. The van der Waals surface area contributed by atoms with Crippen molar-refractivity contribution in [2.45, 2.75) is 6.29 Å². The molecule has 0 spiro atoms. The molecule has 0 amide bonds. The van der Waals surface area contributed by atoms with Crippen molar-refractivity contribution < 1.29 is 28.7 Å². The van der Waals surface area contributed by atoms with Gasteiger partial charge in [0.25, 0.3) is 6.29 Å². The number of pyridine rings is 1. The van der Waals surface area contributed by atoms with Gasteiger partial charge in [-0.15, -0.1) is 0 Å². The molecule has 7 nitrogen and oxygen atoms in total. The van der Waals surface area contributed by atoms with Crippen molar-refractivity contribution in [3.05, 3.63) is 90.8 Å². The van der Waals surface area contributed by atoms with Crippen LogP contribution in [0.25, 0.3) is 0 Å². The summed E-state index contributed by atoms with van der Waals surface area (Å²) in [7, 11) is -4.64. The maximum Gasteiger partial charge on any atom is 0.466 e. The van der Waals surface area contributed by atoms with Crippen LogP contribution in [-0.4, -0.2) is 19.7 Å². The molecule has 136 valence electrons. The van der Waals surface area contributed by atoms with Crippen molar-refractivity contribution in [2.24, 2.45) is 0 Å². The van der Waals surface area contributed by atoms with E-state index in [1.54, 1.807) is 6.20 Å². The Bertz CT molecular complexity index is 761. The minimum atomic E-state index is -4.64. The molecule has 3 rings (SSSR count). The van der Waals surface area contributed by atoms with Crippen LogP contribution in [0.3, 0.4) is 0 Å². The quantitative estimate of drug-likeness (QED) is 0.464. The zero-order chi connectivity index (χ0) is 18.8. The SMILES string of the molecule is O=P(O)(O)O.c1ccc(OC(Oc2ccccc2)c2ccccn2)cc1. The number of para-hydroxylation sites is 2. The van der Waals surface area contributed by atoms with Crippen molar-refractivity contribution in [1.29, 1.82) is 0 Å². The van der Waals surface area contributed by atoms with Crippen molar-refractivity contribution in [3.63, 3.8) is 0 Å². The number of aromatic nitrogens is 1. The number of ether oxygens (including phenoxy) is 2. The first kappa shape index (κ1) is 19.6. The topological polar surface area (TPSA) is 109 Å². The predicted molar refractivity (Wildman–Crippen MR) is 95.4 cm³/mol. The normalized spacial score (nSPS) is 10.6. The molecule has 0 radical (unpaired) electrons. The molecule has 3 aromatic rings. The molecular weight excluding hydrogens is 357 g/mol. The molecule has 26 heavy (non-hydrogen) atoms. The number of hydrogen-bond donors (Lipinski definition) is 3. The molecule has 1 heterocycles. The summed E-state index contributed by atoms with van der Waals surface area (Å²) < 4.78 is 20.7. The zero-order valence-corrected chi connectivity index (χ0v) is 14.5. The van der Waals surface area contributed by atoms with Crippen molar-refractivity contribution >= 4 is 7.82 Å². The molecule has 0 atom stereocenters. The second-order valence-electron chi connectivity index (χ2n) is 4.96. The van der Waals surface area contributed by atoms with Crippen LogP contribution in [0.1, 0.15) is 12.0 Å². The summed E-state index contributed by atoms with van der Waals surface area (Å²) in [6, 6.07) is 24.8. The molecule has 0 saturated carbocycles. The van der Waals surface area contributed by atoms with E-state index in [0.717, 1.165) is 17.2 Å². The summed E-state index contributed by atoms with van der Waals surface area (Å²) in [5.74, 6) is 1.48. The summed E-state index contributed by atoms with van der Waals surface area (Å²) in [5.41, 5.74) is 0.727. The number of nitrogens with zero attached hydrogens (tertiary/aromatic N) is 1. The molecule has 2 aromatic carbocycles. The Labute approximate surface area is 150 Å². The van der Waals surface area contributed by atoms with E-state index in [1.165, 1.54) is 0 Å². The van der Waals surface area contributed by atoms with Gasteiger partial charge in [0.1, 0.15) is 17.2 Å². The Balaban J connectivity index is 0.000000431.